The standard InChI is InChI=1S/C23H23F2N3O5/c1-30-21-5-2-15(12-22(21)33-17-7-10-31-14-17)20-6-8-26-28(20)9-11-32-23(29)27-16-3-4-18(24)19(25)13-16/h2-6,8,12-13,17H,7,9-11,14H2,1H3,(H,27,29)/t17-/m1/s1. The van der Waals surface area contributed by atoms with Gasteiger partial charge in [-0.05, 0) is 36.4 Å². The summed E-state index contributed by atoms with van der Waals surface area (Å²) >= 11 is 0. The van der Waals surface area contributed by atoms with Crippen LogP contribution in [0.1, 0.15) is 6.42 Å². The third kappa shape index (κ3) is 5.58. The van der Waals surface area contributed by atoms with Crippen molar-refractivity contribution in [1.82, 2.24) is 9.78 Å². The molecule has 174 valence electrons. The summed E-state index contributed by atoms with van der Waals surface area (Å²) in [7, 11) is 1.58. The molecule has 0 spiro atoms. The number of hydrogen-bond donors (Lipinski definition) is 1. The Hall–Kier alpha value is -3.66. The van der Waals surface area contributed by atoms with Crippen LogP contribution in [0.15, 0.2) is 48.7 Å². The summed E-state index contributed by atoms with van der Waals surface area (Å²) in [5.74, 6) is -0.824. The van der Waals surface area contributed by atoms with Gasteiger partial charge < -0.3 is 18.9 Å². The Morgan fingerprint density at radius 3 is 2.82 bits per heavy atom. The average Bonchev–Trinajstić information content (AvgIpc) is 3.48. The topological polar surface area (TPSA) is 83.8 Å². The summed E-state index contributed by atoms with van der Waals surface area (Å²) in [6.07, 6.45) is 1.65. The molecule has 4 rings (SSSR count). The van der Waals surface area contributed by atoms with Crippen molar-refractivity contribution in [2.75, 3.05) is 32.2 Å². The molecule has 8 nitrogen and oxygen atoms in total. The van der Waals surface area contributed by atoms with E-state index in [1.807, 2.05) is 24.3 Å². The third-order valence-electron chi connectivity index (χ3n) is 5.06. The smallest absolute Gasteiger partial charge is 0.411 e. The van der Waals surface area contributed by atoms with E-state index in [1.165, 1.54) is 6.07 Å². The minimum absolute atomic E-state index is 0.0170. The van der Waals surface area contributed by atoms with E-state index in [0.717, 1.165) is 29.8 Å². The predicted molar refractivity (Wildman–Crippen MR) is 115 cm³/mol. The van der Waals surface area contributed by atoms with Crippen molar-refractivity contribution in [1.29, 1.82) is 0 Å². The van der Waals surface area contributed by atoms with Crippen LogP contribution in [0.4, 0.5) is 19.3 Å². The third-order valence-corrected chi connectivity index (χ3v) is 5.06. The van der Waals surface area contributed by atoms with E-state index in [0.29, 0.717) is 24.7 Å². The van der Waals surface area contributed by atoms with Crippen molar-refractivity contribution in [3.63, 3.8) is 0 Å². The fraction of sp³-hybridized carbons (Fsp3) is 0.304. The van der Waals surface area contributed by atoms with E-state index in [4.69, 9.17) is 18.9 Å². The first-order valence-corrected chi connectivity index (χ1v) is 10.4. The molecule has 0 radical (unpaired) electrons. The van der Waals surface area contributed by atoms with Crippen molar-refractivity contribution in [2.24, 2.45) is 0 Å². The van der Waals surface area contributed by atoms with Gasteiger partial charge in [0, 0.05) is 29.9 Å². The van der Waals surface area contributed by atoms with Gasteiger partial charge in [0.15, 0.2) is 23.1 Å². The molecule has 1 atom stereocenters. The molecule has 0 saturated carbocycles. The summed E-state index contributed by atoms with van der Waals surface area (Å²) < 4.78 is 49.9. The second kappa shape index (κ2) is 10.3. The summed E-state index contributed by atoms with van der Waals surface area (Å²) in [5.41, 5.74) is 1.75. The molecule has 3 aromatic rings. The summed E-state index contributed by atoms with van der Waals surface area (Å²) in [6.45, 7) is 1.51. The number of halogens is 2. The van der Waals surface area contributed by atoms with Crippen LogP contribution in [0, 0.1) is 11.6 Å². The lowest BCUT2D eigenvalue weighted by molar-refractivity contribution is 0.138. The lowest BCUT2D eigenvalue weighted by Crippen LogP contribution is -2.18. The maximum atomic E-state index is 13.3. The molecular weight excluding hydrogens is 436 g/mol. The van der Waals surface area contributed by atoms with E-state index in [2.05, 4.69) is 10.4 Å². The molecule has 2 aromatic carbocycles. The molecular formula is C23H23F2N3O5. The van der Waals surface area contributed by atoms with Gasteiger partial charge in [-0.2, -0.15) is 5.10 Å². The first kappa shape index (κ1) is 22.5. The molecule has 1 fully saturated rings. The fourth-order valence-electron chi connectivity index (χ4n) is 3.42. The highest BCUT2D eigenvalue weighted by molar-refractivity contribution is 5.84. The van der Waals surface area contributed by atoms with E-state index in [9.17, 15) is 13.6 Å². The first-order chi connectivity index (χ1) is 16.0. The fourth-order valence-corrected chi connectivity index (χ4v) is 3.42. The Bertz CT molecular complexity index is 1120. The highest BCUT2D eigenvalue weighted by Gasteiger charge is 2.20. The Morgan fingerprint density at radius 1 is 1.18 bits per heavy atom. The van der Waals surface area contributed by atoms with Gasteiger partial charge in [0.2, 0.25) is 0 Å². The van der Waals surface area contributed by atoms with Crippen LogP contribution in [-0.2, 0) is 16.0 Å². The van der Waals surface area contributed by atoms with Crippen LogP contribution in [0.3, 0.4) is 0 Å². The average molecular weight is 459 g/mol. The lowest BCUT2D eigenvalue weighted by Gasteiger charge is -2.16. The molecule has 0 bridgehead atoms. The number of ether oxygens (including phenoxy) is 4. The predicted octanol–water partition coefficient (Wildman–Crippen LogP) is 4.25. The molecule has 33 heavy (non-hydrogen) atoms. The van der Waals surface area contributed by atoms with Crippen LogP contribution in [0.25, 0.3) is 11.3 Å². The Morgan fingerprint density at radius 2 is 2.06 bits per heavy atom. The number of carbonyl (C=O) groups excluding carboxylic acids is 1. The van der Waals surface area contributed by atoms with Gasteiger partial charge in [0.05, 0.1) is 32.6 Å². The first-order valence-electron chi connectivity index (χ1n) is 10.4. The van der Waals surface area contributed by atoms with Crippen LogP contribution in [0.2, 0.25) is 0 Å². The van der Waals surface area contributed by atoms with Gasteiger partial charge in [-0.15, -0.1) is 0 Å². The van der Waals surface area contributed by atoms with Crippen LogP contribution in [-0.4, -0.2) is 48.9 Å². The highest BCUT2D eigenvalue weighted by atomic mass is 19.2. The SMILES string of the molecule is COc1ccc(-c2ccnn2CCOC(=O)Nc2ccc(F)c(F)c2)cc1O[C@@H]1CCOC1. The molecule has 10 heteroatoms. The molecule has 0 aliphatic carbocycles. The molecule has 0 unspecified atom stereocenters. The number of nitrogens with one attached hydrogen (secondary N) is 1. The Kier molecular flexibility index (Phi) is 7.04. The van der Waals surface area contributed by atoms with E-state index >= 15 is 0 Å². The Labute approximate surface area is 189 Å². The van der Waals surface area contributed by atoms with E-state index in [1.54, 1.807) is 18.0 Å². The maximum absolute atomic E-state index is 13.3. The molecule has 1 aliphatic heterocycles. The van der Waals surface area contributed by atoms with Crippen LogP contribution < -0.4 is 14.8 Å². The zero-order chi connectivity index (χ0) is 23.2. The second-order valence-electron chi connectivity index (χ2n) is 7.30. The summed E-state index contributed by atoms with van der Waals surface area (Å²) in [4.78, 5) is 12.0. The monoisotopic (exact) mass is 459 g/mol. The minimum atomic E-state index is -1.06. The number of amides is 1. The largest absolute Gasteiger partial charge is 0.493 e. The quantitative estimate of drug-likeness (QED) is 0.542. The molecule has 1 saturated heterocycles. The number of anilines is 1. The molecule has 1 aliphatic rings. The number of aromatic nitrogens is 2. The number of nitrogens with zero attached hydrogens (tertiary/aromatic N) is 2. The zero-order valence-corrected chi connectivity index (χ0v) is 17.9. The van der Waals surface area contributed by atoms with Gasteiger partial charge >= 0.3 is 6.09 Å². The van der Waals surface area contributed by atoms with Gasteiger partial charge in [-0.3, -0.25) is 10.00 Å². The van der Waals surface area contributed by atoms with Crippen molar-refractivity contribution in [3.8, 4) is 22.8 Å². The van der Waals surface area contributed by atoms with Crippen molar-refractivity contribution < 1.29 is 32.5 Å². The molecule has 1 amide bonds. The van der Waals surface area contributed by atoms with Crippen LogP contribution >= 0.6 is 0 Å². The number of carbonyl (C=O) groups is 1. The number of methoxy groups -OCH3 is 1. The number of hydrogen-bond acceptors (Lipinski definition) is 6. The summed E-state index contributed by atoms with van der Waals surface area (Å²) in [5, 5.41) is 6.64. The maximum Gasteiger partial charge on any atom is 0.411 e. The molecule has 2 heterocycles. The van der Waals surface area contributed by atoms with Crippen molar-refractivity contribution in [3.05, 3.63) is 60.3 Å². The van der Waals surface area contributed by atoms with Gasteiger partial charge in [0.25, 0.3) is 0 Å². The molecule has 1 aromatic heterocycles. The zero-order valence-electron chi connectivity index (χ0n) is 17.9. The Balaban J connectivity index is 1.38. The number of rotatable bonds is 8. The second-order valence-corrected chi connectivity index (χ2v) is 7.30. The minimum Gasteiger partial charge on any atom is -0.493 e. The van der Waals surface area contributed by atoms with Crippen molar-refractivity contribution in [2.45, 2.75) is 19.1 Å². The highest BCUT2D eigenvalue weighted by Crippen LogP contribution is 2.34. The van der Waals surface area contributed by atoms with Gasteiger partial charge in [-0.25, -0.2) is 13.6 Å². The van der Waals surface area contributed by atoms with Gasteiger partial charge in [-0.1, -0.05) is 0 Å². The summed E-state index contributed by atoms with van der Waals surface area (Å²) in [6, 6.07) is 10.5. The normalized spacial score (nSPS) is 15.3. The number of benzene rings is 2. The van der Waals surface area contributed by atoms with Crippen LogP contribution in [0.5, 0.6) is 11.5 Å². The van der Waals surface area contributed by atoms with Crippen molar-refractivity contribution >= 4 is 11.8 Å². The lowest BCUT2D eigenvalue weighted by atomic mass is 10.1. The molecule has 1 N–H and O–H groups in total. The van der Waals surface area contributed by atoms with E-state index < -0.39 is 17.7 Å². The van der Waals surface area contributed by atoms with E-state index in [-0.39, 0.29) is 24.9 Å². The van der Waals surface area contributed by atoms with Gasteiger partial charge in [0.1, 0.15) is 12.7 Å².